The number of hydrogen-bond acceptors (Lipinski definition) is 5. The van der Waals surface area contributed by atoms with Crippen molar-refractivity contribution in [2.24, 2.45) is 0 Å². The summed E-state index contributed by atoms with van der Waals surface area (Å²) in [7, 11) is 0. The van der Waals surface area contributed by atoms with Crippen LogP contribution in [0.2, 0.25) is 0 Å². The smallest absolute Gasteiger partial charge is 0.231 e. The van der Waals surface area contributed by atoms with Crippen LogP contribution in [0.25, 0.3) is 0 Å². The van der Waals surface area contributed by atoms with Crippen LogP contribution in [0, 0.1) is 6.92 Å². The topological polar surface area (TPSA) is 60.8 Å². The molecule has 19 heavy (non-hydrogen) atoms. The van der Waals surface area contributed by atoms with Crippen LogP contribution in [0.5, 0.6) is 23.1 Å². The molecule has 2 heterocycles. The van der Waals surface area contributed by atoms with Gasteiger partial charge >= 0.3 is 0 Å². The average Bonchev–Trinajstić information content (AvgIpc) is 2.85. The molecule has 5 nitrogen and oxygen atoms in total. The van der Waals surface area contributed by atoms with E-state index >= 15 is 0 Å². The van der Waals surface area contributed by atoms with Crippen LogP contribution >= 0.6 is 0 Å². The second-order valence-corrected chi connectivity index (χ2v) is 4.23. The fourth-order valence-corrected chi connectivity index (χ4v) is 1.91. The number of aliphatic hydroxyl groups is 1. The fourth-order valence-electron chi connectivity index (χ4n) is 1.91. The highest BCUT2D eigenvalue weighted by Gasteiger charge is 2.14. The molecule has 5 heteroatoms. The van der Waals surface area contributed by atoms with Crippen molar-refractivity contribution in [3.8, 4) is 23.1 Å². The van der Waals surface area contributed by atoms with Gasteiger partial charge in [0.1, 0.15) is 5.75 Å². The predicted octanol–water partition coefficient (Wildman–Crippen LogP) is 2.40. The zero-order chi connectivity index (χ0) is 13.2. The van der Waals surface area contributed by atoms with Crippen molar-refractivity contribution in [2.45, 2.75) is 13.5 Å². The van der Waals surface area contributed by atoms with Gasteiger partial charge in [-0.25, -0.2) is 4.98 Å². The Morgan fingerprint density at radius 3 is 2.89 bits per heavy atom. The van der Waals surface area contributed by atoms with E-state index < -0.39 is 0 Å². The van der Waals surface area contributed by atoms with Gasteiger partial charge in [0, 0.05) is 17.8 Å². The third-order valence-electron chi connectivity index (χ3n) is 2.74. The van der Waals surface area contributed by atoms with Gasteiger partial charge in [-0.05, 0) is 30.7 Å². The molecule has 1 aromatic heterocycles. The summed E-state index contributed by atoms with van der Waals surface area (Å²) in [5.74, 6) is 2.43. The first-order chi connectivity index (χ1) is 9.24. The van der Waals surface area contributed by atoms with E-state index in [4.69, 9.17) is 19.3 Å². The Balaban J connectivity index is 1.86. The number of aryl methyl sites for hydroxylation is 1. The van der Waals surface area contributed by atoms with Gasteiger partial charge in [-0.1, -0.05) is 0 Å². The van der Waals surface area contributed by atoms with E-state index in [-0.39, 0.29) is 13.4 Å². The molecule has 0 saturated carbocycles. The number of rotatable bonds is 3. The van der Waals surface area contributed by atoms with Gasteiger partial charge in [-0.2, -0.15) is 0 Å². The summed E-state index contributed by atoms with van der Waals surface area (Å²) in [5.41, 5.74) is 1.56. The minimum absolute atomic E-state index is 0.0408. The number of pyridine rings is 1. The number of nitrogens with zero attached hydrogens (tertiary/aromatic N) is 1. The summed E-state index contributed by atoms with van der Waals surface area (Å²) in [4.78, 5) is 4.27. The molecule has 1 N–H and O–H groups in total. The Bertz CT molecular complexity index is 612. The molecular weight excluding hydrogens is 246 g/mol. The first-order valence-corrected chi connectivity index (χ1v) is 5.90. The van der Waals surface area contributed by atoms with Crippen molar-refractivity contribution in [3.63, 3.8) is 0 Å². The summed E-state index contributed by atoms with van der Waals surface area (Å²) in [5, 5.41) is 9.16. The quantitative estimate of drug-likeness (QED) is 0.917. The van der Waals surface area contributed by atoms with Gasteiger partial charge in [0.05, 0.1) is 6.61 Å². The molecular formula is C14H13NO4. The predicted molar refractivity (Wildman–Crippen MR) is 67.5 cm³/mol. The van der Waals surface area contributed by atoms with Crippen molar-refractivity contribution < 1.29 is 19.3 Å². The third-order valence-corrected chi connectivity index (χ3v) is 2.74. The van der Waals surface area contributed by atoms with E-state index in [0.29, 0.717) is 23.1 Å². The number of fused-ring (bicyclic) bond motifs is 1. The first-order valence-electron chi connectivity index (χ1n) is 5.90. The van der Waals surface area contributed by atoms with Crippen LogP contribution < -0.4 is 14.2 Å². The Morgan fingerprint density at radius 1 is 1.21 bits per heavy atom. The van der Waals surface area contributed by atoms with Crippen LogP contribution in [0.3, 0.4) is 0 Å². The largest absolute Gasteiger partial charge is 0.454 e. The molecule has 0 spiro atoms. The minimum Gasteiger partial charge on any atom is -0.454 e. The van der Waals surface area contributed by atoms with Crippen molar-refractivity contribution in [1.29, 1.82) is 0 Å². The molecule has 2 aromatic rings. The Morgan fingerprint density at radius 2 is 2.05 bits per heavy atom. The number of aliphatic hydroxyl groups excluding tert-OH is 1. The van der Waals surface area contributed by atoms with Gasteiger partial charge in [-0.3, -0.25) is 0 Å². The molecule has 0 radical (unpaired) electrons. The Labute approximate surface area is 110 Å². The lowest BCUT2D eigenvalue weighted by Gasteiger charge is -2.08. The van der Waals surface area contributed by atoms with Crippen molar-refractivity contribution >= 4 is 0 Å². The second-order valence-electron chi connectivity index (χ2n) is 4.23. The molecule has 1 aliphatic heterocycles. The Kier molecular flexibility index (Phi) is 2.97. The molecule has 0 fully saturated rings. The molecule has 0 saturated heterocycles. The maximum atomic E-state index is 9.16. The number of aromatic nitrogens is 1. The molecule has 1 aromatic carbocycles. The zero-order valence-corrected chi connectivity index (χ0v) is 10.4. The van der Waals surface area contributed by atoms with Crippen LogP contribution in [0.1, 0.15) is 11.3 Å². The molecule has 0 amide bonds. The molecule has 1 aliphatic rings. The van der Waals surface area contributed by atoms with Gasteiger partial charge in [-0.15, -0.1) is 0 Å². The number of hydrogen-bond donors (Lipinski definition) is 1. The lowest BCUT2D eigenvalue weighted by atomic mass is 10.2. The first kappa shape index (κ1) is 11.8. The molecule has 98 valence electrons. The van der Waals surface area contributed by atoms with Crippen LogP contribution in [0.15, 0.2) is 30.3 Å². The lowest BCUT2D eigenvalue weighted by Crippen LogP contribution is -1.94. The van der Waals surface area contributed by atoms with E-state index in [0.717, 1.165) is 11.3 Å². The summed E-state index contributed by atoms with van der Waals surface area (Å²) in [6, 6.07) is 8.85. The van der Waals surface area contributed by atoms with Crippen LogP contribution in [-0.4, -0.2) is 16.9 Å². The van der Waals surface area contributed by atoms with Gasteiger partial charge in [0.15, 0.2) is 11.5 Å². The standard InChI is InChI=1S/C14H13NO4/c1-9-4-10(7-16)5-14(15-9)19-11-2-3-12-13(6-11)18-8-17-12/h2-6,16H,7-8H2,1H3. The van der Waals surface area contributed by atoms with E-state index in [1.54, 1.807) is 24.3 Å². The fraction of sp³-hybridized carbons (Fsp3) is 0.214. The Hall–Kier alpha value is -2.27. The van der Waals surface area contributed by atoms with Crippen LogP contribution in [-0.2, 0) is 6.61 Å². The van der Waals surface area contributed by atoms with Gasteiger partial charge in [0.25, 0.3) is 0 Å². The number of benzene rings is 1. The molecule has 0 aliphatic carbocycles. The molecule has 3 rings (SSSR count). The zero-order valence-electron chi connectivity index (χ0n) is 10.4. The summed E-state index contributed by atoms with van der Waals surface area (Å²) < 4.78 is 16.2. The van der Waals surface area contributed by atoms with E-state index in [1.165, 1.54) is 0 Å². The van der Waals surface area contributed by atoms with E-state index in [2.05, 4.69) is 4.98 Å². The summed E-state index contributed by atoms with van der Waals surface area (Å²) in [6.07, 6.45) is 0. The van der Waals surface area contributed by atoms with Crippen molar-refractivity contribution in [3.05, 3.63) is 41.6 Å². The molecule has 0 atom stereocenters. The molecule has 0 bridgehead atoms. The summed E-state index contributed by atoms with van der Waals surface area (Å²) in [6.45, 7) is 2.04. The highest BCUT2D eigenvalue weighted by molar-refractivity contribution is 5.47. The lowest BCUT2D eigenvalue weighted by molar-refractivity contribution is 0.174. The van der Waals surface area contributed by atoms with Gasteiger partial charge < -0.3 is 19.3 Å². The second kappa shape index (κ2) is 4.78. The summed E-state index contributed by atoms with van der Waals surface area (Å²) >= 11 is 0. The SMILES string of the molecule is Cc1cc(CO)cc(Oc2ccc3c(c2)OCO3)n1. The maximum Gasteiger partial charge on any atom is 0.231 e. The minimum atomic E-state index is -0.0408. The third kappa shape index (κ3) is 2.46. The monoisotopic (exact) mass is 259 g/mol. The number of ether oxygens (including phenoxy) is 3. The van der Waals surface area contributed by atoms with Crippen LogP contribution in [0.4, 0.5) is 0 Å². The van der Waals surface area contributed by atoms with Crippen molar-refractivity contribution in [2.75, 3.05) is 6.79 Å². The highest BCUT2D eigenvalue weighted by atomic mass is 16.7. The van der Waals surface area contributed by atoms with E-state index in [9.17, 15) is 0 Å². The normalized spacial score (nSPS) is 12.5. The van der Waals surface area contributed by atoms with Crippen molar-refractivity contribution in [1.82, 2.24) is 4.98 Å². The average molecular weight is 259 g/mol. The maximum absolute atomic E-state index is 9.16. The van der Waals surface area contributed by atoms with Gasteiger partial charge in [0.2, 0.25) is 12.7 Å². The molecule has 0 unspecified atom stereocenters. The highest BCUT2D eigenvalue weighted by Crippen LogP contribution is 2.36. The van der Waals surface area contributed by atoms with E-state index in [1.807, 2.05) is 13.0 Å².